The molecule has 0 amide bonds. The van der Waals surface area contributed by atoms with Crippen LogP contribution in [0.1, 0.15) is 10.5 Å². The maximum absolute atomic E-state index is 11.0. The van der Waals surface area contributed by atoms with Crippen molar-refractivity contribution in [3.63, 3.8) is 0 Å². The molecule has 0 aliphatic rings. The summed E-state index contributed by atoms with van der Waals surface area (Å²) in [7, 11) is 0. The largest absolute Gasteiger partial charge is 0.477 e. The van der Waals surface area contributed by atoms with E-state index in [1.165, 1.54) is 6.07 Å². The molecule has 0 aliphatic carbocycles. The highest BCUT2D eigenvalue weighted by Gasteiger charge is 2.12. The first-order valence-corrected chi connectivity index (χ1v) is 5.62. The molecule has 0 saturated heterocycles. The first-order chi connectivity index (χ1) is 9.20. The molecule has 1 aromatic heterocycles. The van der Waals surface area contributed by atoms with Crippen LogP contribution in [0.4, 0.5) is 0 Å². The van der Waals surface area contributed by atoms with Crippen molar-refractivity contribution in [1.29, 1.82) is 0 Å². The number of aromatic carboxylic acids is 1. The average molecular weight is 260 g/mol. The van der Waals surface area contributed by atoms with Gasteiger partial charge in [-0.3, -0.25) is 0 Å². The lowest BCUT2D eigenvalue weighted by Crippen LogP contribution is -2.08. The van der Waals surface area contributed by atoms with Gasteiger partial charge in [-0.05, 0) is 0 Å². The van der Waals surface area contributed by atoms with Gasteiger partial charge in [0, 0.05) is 11.6 Å². The molecule has 0 unspecified atom stereocenters. The molecule has 0 atom stereocenters. The van der Waals surface area contributed by atoms with Crippen LogP contribution < -0.4 is 4.74 Å². The van der Waals surface area contributed by atoms with E-state index in [1.54, 1.807) is 24.3 Å². The summed E-state index contributed by atoms with van der Waals surface area (Å²) in [6.07, 6.45) is 0. The lowest BCUT2D eigenvalue weighted by atomic mass is 10.2. The average Bonchev–Trinajstić information content (AvgIpc) is 2.45. The molecule has 2 N–H and O–H groups in total. The second-order valence-corrected chi connectivity index (χ2v) is 3.66. The zero-order chi connectivity index (χ0) is 13.7. The minimum atomic E-state index is -1.16. The third-order valence-electron chi connectivity index (χ3n) is 2.29. The number of aliphatic hydroxyl groups excluding tert-OH is 1. The zero-order valence-electron chi connectivity index (χ0n) is 9.98. The van der Waals surface area contributed by atoms with Crippen LogP contribution in [-0.2, 0) is 0 Å². The van der Waals surface area contributed by atoms with Crippen LogP contribution in [0.15, 0.2) is 36.4 Å². The topological polar surface area (TPSA) is 92.5 Å². The standard InChI is InChI=1S/C13H12N2O4/c16-6-7-19-11-8-10(13(17)18)14-12(15-11)9-4-2-1-3-5-9/h1-5,8,16H,6-7H2,(H,17,18). The second kappa shape index (κ2) is 5.92. The van der Waals surface area contributed by atoms with Crippen molar-refractivity contribution in [2.24, 2.45) is 0 Å². The Kier molecular flexibility index (Phi) is 4.04. The summed E-state index contributed by atoms with van der Waals surface area (Å²) in [6.45, 7) is -0.128. The van der Waals surface area contributed by atoms with Gasteiger partial charge in [-0.15, -0.1) is 0 Å². The first kappa shape index (κ1) is 13.0. The van der Waals surface area contributed by atoms with Gasteiger partial charge in [0.15, 0.2) is 11.5 Å². The zero-order valence-corrected chi connectivity index (χ0v) is 9.98. The monoisotopic (exact) mass is 260 g/mol. The van der Waals surface area contributed by atoms with E-state index in [0.29, 0.717) is 5.56 Å². The number of aromatic nitrogens is 2. The second-order valence-electron chi connectivity index (χ2n) is 3.66. The van der Waals surface area contributed by atoms with E-state index >= 15 is 0 Å². The molecule has 19 heavy (non-hydrogen) atoms. The van der Waals surface area contributed by atoms with E-state index in [-0.39, 0.29) is 30.6 Å². The highest BCUT2D eigenvalue weighted by atomic mass is 16.5. The molecule has 6 nitrogen and oxygen atoms in total. The number of hydrogen-bond acceptors (Lipinski definition) is 5. The van der Waals surface area contributed by atoms with Gasteiger partial charge in [-0.25, -0.2) is 9.78 Å². The Morgan fingerprint density at radius 2 is 1.95 bits per heavy atom. The molecule has 0 fully saturated rings. The van der Waals surface area contributed by atoms with Gasteiger partial charge in [0.25, 0.3) is 0 Å². The van der Waals surface area contributed by atoms with E-state index in [0.717, 1.165) is 0 Å². The van der Waals surface area contributed by atoms with Gasteiger partial charge in [-0.2, -0.15) is 4.98 Å². The Morgan fingerprint density at radius 1 is 1.21 bits per heavy atom. The molecule has 0 saturated carbocycles. The van der Waals surface area contributed by atoms with Crippen molar-refractivity contribution in [3.8, 4) is 17.3 Å². The van der Waals surface area contributed by atoms with Crippen LogP contribution >= 0.6 is 0 Å². The fourth-order valence-corrected chi connectivity index (χ4v) is 1.48. The minimum absolute atomic E-state index is 0.0459. The first-order valence-electron chi connectivity index (χ1n) is 5.62. The van der Waals surface area contributed by atoms with Gasteiger partial charge in [0.05, 0.1) is 6.61 Å². The Morgan fingerprint density at radius 3 is 2.58 bits per heavy atom. The van der Waals surface area contributed by atoms with Crippen LogP contribution in [0.5, 0.6) is 5.88 Å². The van der Waals surface area contributed by atoms with E-state index in [1.807, 2.05) is 6.07 Å². The third-order valence-corrected chi connectivity index (χ3v) is 2.29. The molecular formula is C13H12N2O4. The smallest absolute Gasteiger partial charge is 0.354 e. The van der Waals surface area contributed by atoms with Crippen molar-refractivity contribution < 1.29 is 19.7 Å². The number of aliphatic hydroxyl groups is 1. The third kappa shape index (κ3) is 3.26. The summed E-state index contributed by atoms with van der Waals surface area (Å²) in [6, 6.07) is 10.2. The summed E-state index contributed by atoms with van der Waals surface area (Å²) in [5.74, 6) is -0.762. The number of nitrogens with zero attached hydrogens (tertiary/aromatic N) is 2. The predicted molar refractivity (Wildman–Crippen MR) is 67.0 cm³/mol. The van der Waals surface area contributed by atoms with Gasteiger partial charge < -0.3 is 14.9 Å². The van der Waals surface area contributed by atoms with Gasteiger partial charge in [0.1, 0.15) is 6.61 Å². The van der Waals surface area contributed by atoms with E-state index < -0.39 is 5.97 Å². The summed E-state index contributed by atoms with van der Waals surface area (Å²) in [4.78, 5) is 19.1. The summed E-state index contributed by atoms with van der Waals surface area (Å²) >= 11 is 0. The van der Waals surface area contributed by atoms with Crippen LogP contribution in [0, 0.1) is 0 Å². The van der Waals surface area contributed by atoms with Crippen molar-refractivity contribution in [2.45, 2.75) is 0 Å². The van der Waals surface area contributed by atoms with Gasteiger partial charge in [-0.1, -0.05) is 30.3 Å². The number of carboxylic acid groups (broad SMARTS) is 1. The Labute approximate surface area is 109 Å². The molecular weight excluding hydrogens is 248 g/mol. The summed E-state index contributed by atoms with van der Waals surface area (Å²) < 4.78 is 5.14. The Hall–Kier alpha value is -2.47. The lowest BCUT2D eigenvalue weighted by Gasteiger charge is -2.07. The van der Waals surface area contributed by atoms with Crippen molar-refractivity contribution in [1.82, 2.24) is 9.97 Å². The number of benzene rings is 1. The molecule has 0 spiro atoms. The summed E-state index contributed by atoms with van der Waals surface area (Å²) in [5, 5.41) is 17.7. The quantitative estimate of drug-likeness (QED) is 0.839. The normalized spacial score (nSPS) is 10.2. The molecule has 1 aromatic carbocycles. The number of rotatable bonds is 5. The van der Waals surface area contributed by atoms with E-state index in [2.05, 4.69) is 9.97 Å². The molecule has 98 valence electrons. The molecule has 2 rings (SSSR count). The van der Waals surface area contributed by atoms with Crippen molar-refractivity contribution in [2.75, 3.05) is 13.2 Å². The lowest BCUT2D eigenvalue weighted by molar-refractivity contribution is 0.0689. The molecule has 0 radical (unpaired) electrons. The number of carbonyl (C=O) groups is 1. The predicted octanol–water partition coefficient (Wildman–Crippen LogP) is 1.21. The van der Waals surface area contributed by atoms with E-state index in [9.17, 15) is 4.79 Å². The molecule has 6 heteroatoms. The Bertz CT molecular complexity index is 572. The number of carboxylic acids is 1. The number of ether oxygens (including phenoxy) is 1. The van der Waals surface area contributed by atoms with Crippen molar-refractivity contribution >= 4 is 5.97 Å². The van der Waals surface area contributed by atoms with Crippen molar-refractivity contribution in [3.05, 3.63) is 42.1 Å². The van der Waals surface area contributed by atoms with E-state index in [4.69, 9.17) is 14.9 Å². The SMILES string of the molecule is O=C(O)c1cc(OCCO)nc(-c2ccccc2)n1. The highest BCUT2D eigenvalue weighted by Crippen LogP contribution is 2.18. The van der Waals surface area contributed by atoms with Crippen LogP contribution in [-0.4, -0.2) is 39.4 Å². The van der Waals surface area contributed by atoms with Gasteiger partial charge >= 0.3 is 5.97 Å². The molecule has 2 aromatic rings. The highest BCUT2D eigenvalue weighted by molar-refractivity contribution is 5.86. The maximum Gasteiger partial charge on any atom is 0.354 e. The fraction of sp³-hybridized carbons (Fsp3) is 0.154. The molecule has 0 bridgehead atoms. The minimum Gasteiger partial charge on any atom is -0.477 e. The Balaban J connectivity index is 2.42. The van der Waals surface area contributed by atoms with Crippen LogP contribution in [0.2, 0.25) is 0 Å². The molecule has 0 aliphatic heterocycles. The van der Waals surface area contributed by atoms with Gasteiger partial charge in [0.2, 0.25) is 5.88 Å². The van der Waals surface area contributed by atoms with Crippen LogP contribution in [0.25, 0.3) is 11.4 Å². The molecule has 1 heterocycles. The number of hydrogen-bond donors (Lipinski definition) is 2. The maximum atomic E-state index is 11.0. The fourth-order valence-electron chi connectivity index (χ4n) is 1.48. The van der Waals surface area contributed by atoms with Crippen LogP contribution in [0.3, 0.4) is 0 Å². The summed E-state index contributed by atoms with van der Waals surface area (Å²) in [5.41, 5.74) is 0.543.